The molecule has 0 saturated carbocycles. The average molecular weight is 417 g/mol. The first-order valence-corrected chi connectivity index (χ1v) is 8.87. The highest BCUT2D eigenvalue weighted by molar-refractivity contribution is 6.34. The number of para-hydroxylation sites is 1. The number of amides is 1. The molecule has 1 atom stereocenters. The lowest BCUT2D eigenvalue weighted by Crippen LogP contribution is -2.42. The molecular weight excluding hydrogens is 400 g/mol. The van der Waals surface area contributed by atoms with E-state index in [4.69, 9.17) is 16.3 Å². The zero-order valence-corrected chi connectivity index (χ0v) is 15.4. The van der Waals surface area contributed by atoms with Gasteiger partial charge in [-0.2, -0.15) is 13.2 Å². The topological polar surface area (TPSA) is 41.6 Å². The fourth-order valence-corrected chi connectivity index (χ4v) is 3.22. The van der Waals surface area contributed by atoms with Gasteiger partial charge in [0.1, 0.15) is 5.82 Å². The number of ether oxygens (including phenoxy) is 1. The Morgan fingerprint density at radius 3 is 2.61 bits per heavy atom. The Kier molecular flexibility index (Phi) is 6.22. The minimum absolute atomic E-state index is 0.121. The highest BCUT2D eigenvalue weighted by Crippen LogP contribution is 2.38. The van der Waals surface area contributed by atoms with E-state index in [2.05, 4.69) is 5.32 Å². The lowest BCUT2D eigenvalue weighted by Gasteiger charge is -2.32. The van der Waals surface area contributed by atoms with Crippen LogP contribution in [0.5, 0.6) is 0 Å². The van der Waals surface area contributed by atoms with E-state index >= 15 is 0 Å². The largest absolute Gasteiger partial charge is 0.418 e. The smallest absolute Gasteiger partial charge is 0.371 e. The highest BCUT2D eigenvalue weighted by Gasteiger charge is 2.35. The minimum Gasteiger partial charge on any atom is -0.371 e. The molecule has 0 spiro atoms. The summed E-state index contributed by atoms with van der Waals surface area (Å²) in [6, 6.07) is 9.16. The van der Waals surface area contributed by atoms with Gasteiger partial charge >= 0.3 is 6.18 Å². The fraction of sp³-hybridized carbons (Fsp3) is 0.316. The maximum absolute atomic E-state index is 13.1. The summed E-state index contributed by atoms with van der Waals surface area (Å²) in [5.41, 5.74) is -0.693. The molecule has 1 fully saturated rings. The summed E-state index contributed by atoms with van der Waals surface area (Å²) in [5.74, 6) is -0.977. The van der Waals surface area contributed by atoms with Gasteiger partial charge in [0.25, 0.3) is 0 Å². The monoisotopic (exact) mass is 416 g/mol. The van der Waals surface area contributed by atoms with Crippen LogP contribution in [-0.4, -0.2) is 37.0 Å². The van der Waals surface area contributed by atoms with Gasteiger partial charge in [0.05, 0.1) is 35.5 Å². The molecule has 1 aliphatic rings. The molecule has 0 bridgehead atoms. The van der Waals surface area contributed by atoms with Crippen molar-refractivity contribution in [3.8, 4) is 0 Å². The van der Waals surface area contributed by atoms with Gasteiger partial charge in [-0.1, -0.05) is 29.8 Å². The molecular formula is C19H17ClF4N2O2. The molecule has 1 N–H and O–H groups in total. The number of carbonyl (C=O) groups is 1. The molecule has 2 aromatic carbocycles. The third-order valence-corrected chi connectivity index (χ3v) is 4.66. The van der Waals surface area contributed by atoms with Crippen molar-refractivity contribution >= 4 is 23.2 Å². The fourth-order valence-electron chi connectivity index (χ4n) is 2.99. The quantitative estimate of drug-likeness (QED) is 0.746. The number of alkyl halides is 3. The van der Waals surface area contributed by atoms with Crippen molar-refractivity contribution in [2.75, 3.05) is 31.6 Å². The van der Waals surface area contributed by atoms with Crippen molar-refractivity contribution in [3.05, 3.63) is 64.4 Å². The second-order valence-electron chi connectivity index (χ2n) is 6.35. The first-order valence-electron chi connectivity index (χ1n) is 8.49. The Balaban J connectivity index is 1.66. The minimum atomic E-state index is -4.64. The summed E-state index contributed by atoms with van der Waals surface area (Å²) < 4.78 is 58.1. The van der Waals surface area contributed by atoms with Gasteiger partial charge in [-0.25, -0.2) is 4.39 Å². The van der Waals surface area contributed by atoms with E-state index in [0.717, 1.165) is 11.6 Å². The molecule has 9 heteroatoms. The Hall–Kier alpha value is -2.16. The van der Waals surface area contributed by atoms with E-state index in [1.54, 1.807) is 17.0 Å². The number of nitrogens with one attached hydrogen (secondary N) is 1. The molecule has 1 heterocycles. The van der Waals surface area contributed by atoms with Crippen LogP contribution in [0.4, 0.5) is 23.2 Å². The van der Waals surface area contributed by atoms with Crippen molar-refractivity contribution in [3.63, 3.8) is 0 Å². The van der Waals surface area contributed by atoms with E-state index in [1.807, 2.05) is 0 Å². The van der Waals surface area contributed by atoms with Gasteiger partial charge in [-0.3, -0.25) is 9.69 Å². The molecule has 2 aromatic rings. The van der Waals surface area contributed by atoms with Crippen LogP contribution >= 0.6 is 11.6 Å². The molecule has 4 nitrogen and oxygen atoms in total. The van der Waals surface area contributed by atoms with Crippen LogP contribution < -0.4 is 5.32 Å². The first-order chi connectivity index (χ1) is 13.2. The summed E-state index contributed by atoms with van der Waals surface area (Å²) in [4.78, 5) is 14.1. The lowest BCUT2D eigenvalue weighted by molar-refractivity contribution is -0.137. The third-order valence-electron chi connectivity index (χ3n) is 4.34. The number of nitrogens with zero attached hydrogens (tertiary/aromatic N) is 1. The third kappa shape index (κ3) is 5.01. The van der Waals surface area contributed by atoms with Gasteiger partial charge in [0, 0.05) is 13.1 Å². The Labute approximate surface area is 164 Å². The van der Waals surface area contributed by atoms with Crippen molar-refractivity contribution in [2.24, 2.45) is 0 Å². The second kappa shape index (κ2) is 8.46. The maximum atomic E-state index is 13.1. The SMILES string of the molecule is O=C(CN1CCOC(c2ccc(F)cc2)C1)Nc1c(Cl)cccc1C(F)(F)F. The molecule has 1 saturated heterocycles. The number of rotatable bonds is 4. The number of hydrogen-bond acceptors (Lipinski definition) is 3. The van der Waals surface area contributed by atoms with Crippen LogP contribution in [0, 0.1) is 5.82 Å². The van der Waals surface area contributed by atoms with Gasteiger partial charge in [0.2, 0.25) is 5.91 Å². The Bertz CT molecular complexity index is 843. The number of morpholine rings is 1. The summed E-state index contributed by atoms with van der Waals surface area (Å²) in [7, 11) is 0. The van der Waals surface area contributed by atoms with Crippen molar-refractivity contribution in [1.29, 1.82) is 0 Å². The number of benzene rings is 2. The molecule has 1 aliphatic heterocycles. The van der Waals surface area contributed by atoms with Crippen LogP contribution in [0.3, 0.4) is 0 Å². The van der Waals surface area contributed by atoms with Gasteiger partial charge in [-0.05, 0) is 29.8 Å². The normalized spacial score (nSPS) is 18.1. The van der Waals surface area contributed by atoms with E-state index in [9.17, 15) is 22.4 Å². The number of carbonyl (C=O) groups excluding carboxylic acids is 1. The van der Waals surface area contributed by atoms with Crippen LogP contribution in [0.2, 0.25) is 5.02 Å². The predicted octanol–water partition coefficient (Wildman–Crippen LogP) is 4.51. The summed E-state index contributed by atoms with van der Waals surface area (Å²) in [6.45, 7) is 1.02. The molecule has 3 rings (SSSR count). The van der Waals surface area contributed by atoms with Gasteiger partial charge < -0.3 is 10.1 Å². The summed E-state index contributed by atoms with van der Waals surface area (Å²) in [6.07, 6.45) is -4.99. The molecule has 1 amide bonds. The standard InChI is InChI=1S/C19H17ClF4N2O2/c20-15-3-1-2-14(19(22,23)24)18(15)25-17(27)11-26-8-9-28-16(10-26)12-4-6-13(21)7-5-12/h1-7,16H,8-11H2,(H,25,27). The van der Waals surface area contributed by atoms with Crippen molar-refractivity contribution in [2.45, 2.75) is 12.3 Å². The van der Waals surface area contributed by atoms with E-state index < -0.39 is 23.3 Å². The molecule has 0 radical (unpaired) electrons. The predicted molar refractivity (Wildman–Crippen MR) is 96.6 cm³/mol. The molecule has 1 unspecified atom stereocenters. The van der Waals surface area contributed by atoms with Gasteiger partial charge in [-0.15, -0.1) is 0 Å². The van der Waals surface area contributed by atoms with Gasteiger partial charge in [0.15, 0.2) is 0 Å². The zero-order valence-electron chi connectivity index (χ0n) is 14.6. The number of halogens is 5. The number of anilines is 1. The maximum Gasteiger partial charge on any atom is 0.418 e. The van der Waals surface area contributed by atoms with Crippen LogP contribution in [0.15, 0.2) is 42.5 Å². The Morgan fingerprint density at radius 2 is 1.93 bits per heavy atom. The summed E-state index contributed by atoms with van der Waals surface area (Å²) >= 11 is 5.86. The Morgan fingerprint density at radius 1 is 1.21 bits per heavy atom. The van der Waals surface area contributed by atoms with E-state index in [1.165, 1.54) is 24.3 Å². The molecule has 28 heavy (non-hydrogen) atoms. The van der Waals surface area contributed by atoms with Crippen molar-refractivity contribution in [1.82, 2.24) is 4.90 Å². The van der Waals surface area contributed by atoms with Crippen LogP contribution in [-0.2, 0) is 15.7 Å². The molecule has 150 valence electrons. The summed E-state index contributed by atoms with van der Waals surface area (Å²) in [5, 5.41) is 2.09. The molecule has 0 aliphatic carbocycles. The van der Waals surface area contributed by atoms with Crippen molar-refractivity contribution < 1.29 is 27.1 Å². The van der Waals surface area contributed by atoms with Crippen LogP contribution in [0.1, 0.15) is 17.2 Å². The lowest BCUT2D eigenvalue weighted by atomic mass is 10.1. The van der Waals surface area contributed by atoms with Crippen LogP contribution in [0.25, 0.3) is 0 Å². The van der Waals surface area contributed by atoms with E-state index in [0.29, 0.717) is 19.7 Å². The second-order valence-corrected chi connectivity index (χ2v) is 6.76. The average Bonchev–Trinajstić information content (AvgIpc) is 2.63. The first kappa shape index (κ1) is 20.6. The highest BCUT2D eigenvalue weighted by atomic mass is 35.5. The van der Waals surface area contributed by atoms with E-state index in [-0.39, 0.29) is 23.5 Å². The number of hydrogen-bond donors (Lipinski definition) is 1. The zero-order chi connectivity index (χ0) is 20.3. The molecule has 0 aromatic heterocycles.